The highest BCUT2D eigenvalue weighted by atomic mass is 79.9. The van der Waals surface area contributed by atoms with Crippen LogP contribution in [0.15, 0.2) is 46.0 Å². The predicted molar refractivity (Wildman–Crippen MR) is 83.4 cm³/mol. The number of hydrogen-bond donors (Lipinski definition) is 2. The summed E-state index contributed by atoms with van der Waals surface area (Å²) in [6.45, 7) is 0. The van der Waals surface area contributed by atoms with E-state index in [1.54, 1.807) is 19.2 Å². The van der Waals surface area contributed by atoms with Crippen molar-refractivity contribution in [1.29, 1.82) is 5.26 Å². The number of rotatable bonds is 4. The Labute approximate surface area is 131 Å². The highest BCUT2D eigenvalue weighted by Crippen LogP contribution is 2.26. The minimum Gasteiger partial charge on any atom is -0.387 e. The Morgan fingerprint density at radius 1 is 1.29 bits per heavy atom. The minimum absolute atomic E-state index is 0.0105. The Kier molecular flexibility index (Phi) is 4.45. The average Bonchev–Trinajstić information content (AvgIpc) is 2.47. The van der Waals surface area contributed by atoms with Crippen LogP contribution in [0.3, 0.4) is 0 Å². The number of anilines is 2. The van der Waals surface area contributed by atoms with Gasteiger partial charge in [-0.25, -0.2) is 8.42 Å². The highest BCUT2D eigenvalue weighted by Gasteiger charge is 2.20. The van der Waals surface area contributed by atoms with Crippen LogP contribution in [0, 0.1) is 11.3 Å². The molecule has 0 unspecified atom stereocenters. The topological polar surface area (TPSA) is 94.9 Å². The molecule has 0 aliphatic carbocycles. The smallest absolute Gasteiger partial charge is 0.265 e. The lowest BCUT2D eigenvalue weighted by molar-refractivity contribution is 0.601. The van der Waals surface area contributed by atoms with E-state index in [1.807, 2.05) is 6.07 Å². The van der Waals surface area contributed by atoms with Gasteiger partial charge in [0.15, 0.2) is 0 Å². The van der Waals surface area contributed by atoms with Crippen LogP contribution in [0.4, 0.5) is 11.4 Å². The number of pyridine rings is 1. The minimum atomic E-state index is -3.85. The van der Waals surface area contributed by atoms with Crippen molar-refractivity contribution >= 4 is 37.3 Å². The summed E-state index contributed by atoms with van der Waals surface area (Å²) >= 11 is 3.25. The second-order valence-electron chi connectivity index (χ2n) is 4.03. The van der Waals surface area contributed by atoms with Crippen molar-refractivity contribution in [3.8, 4) is 6.07 Å². The van der Waals surface area contributed by atoms with E-state index in [4.69, 9.17) is 5.26 Å². The Morgan fingerprint density at radius 2 is 2.05 bits per heavy atom. The largest absolute Gasteiger partial charge is 0.387 e. The summed E-state index contributed by atoms with van der Waals surface area (Å²) in [5.41, 5.74) is 0.862. The van der Waals surface area contributed by atoms with E-state index in [1.165, 1.54) is 24.5 Å². The number of aromatic nitrogens is 1. The molecule has 0 saturated carbocycles. The quantitative estimate of drug-likeness (QED) is 0.866. The van der Waals surface area contributed by atoms with Crippen molar-refractivity contribution in [3.63, 3.8) is 0 Å². The standard InChI is InChI=1S/C13H11BrN4O2S/c1-16-11-4-5-17-8-13(11)21(19,20)18-12-6-10(14)3-2-9(12)7-15/h2-6,8,18H,1H3,(H,16,17). The molecule has 0 aliphatic heterocycles. The number of nitriles is 1. The molecule has 108 valence electrons. The molecule has 0 amide bonds. The van der Waals surface area contributed by atoms with Gasteiger partial charge in [0, 0.05) is 23.9 Å². The van der Waals surface area contributed by atoms with Gasteiger partial charge >= 0.3 is 0 Å². The number of benzene rings is 1. The summed E-state index contributed by atoms with van der Waals surface area (Å²) in [5, 5.41) is 11.8. The number of hydrogen-bond acceptors (Lipinski definition) is 5. The second kappa shape index (κ2) is 6.11. The van der Waals surface area contributed by atoms with Crippen molar-refractivity contribution in [2.75, 3.05) is 17.1 Å². The second-order valence-corrected chi connectivity index (χ2v) is 6.60. The first-order valence-electron chi connectivity index (χ1n) is 5.82. The summed E-state index contributed by atoms with van der Waals surface area (Å²) in [6, 6.07) is 8.23. The summed E-state index contributed by atoms with van der Waals surface area (Å²) in [5.74, 6) is 0. The van der Waals surface area contributed by atoms with Gasteiger partial charge in [-0.3, -0.25) is 9.71 Å². The van der Waals surface area contributed by atoms with Gasteiger partial charge < -0.3 is 5.32 Å². The molecule has 8 heteroatoms. The molecule has 0 spiro atoms. The zero-order valence-corrected chi connectivity index (χ0v) is 13.4. The van der Waals surface area contributed by atoms with Crippen LogP contribution in [0.5, 0.6) is 0 Å². The number of nitrogens with one attached hydrogen (secondary N) is 2. The molecule has 21 heavy (non-hydrogen) atoms. The lowest BCUT2D eigenvalue weighted by Gasteiger charge is -2.12. The van der Waals surface area contributed by atoms with Crippen molar-refractivity contribution in [2.24, 2.45) is 0 Å². The van der Waals surface area contributed by atoms with E-state index in [-0.39, 0.29) is 16.1 Å². The molecule has 0 aliphatic rings. The fraction of sp³-hybridized carbons (Fsp3) is 0.0769. The van der Waals surface area contributed by atoms with Crippen LogP contribution in [0.2, 0.25) is 0 Å². The van der Waals surface area contributed by atoms with Gasteiger partial charge in [-0.05, 0) is 24.3 Å². The molecular weight excluding hydrogens is 356 g/mol. The van der Waals surface area contributed by atoms with Crippen LogP contribution in [0.1, 0.15) is 5.56 Å². The third-order valence-corrected chi connectivity index (χ3v) is 4.58. The third kappa shape index (κ3) is 3.32. The van der Waals surface area contributed by atoms with Gasteiger partial charge in [-0.2, -0.15) is 5.26 Å². The molecule has 0 fully saturated rings. The van der Waals surface area contributed by atoms with E-state index in [2.05, 4.69) is 31.0 Å². The Bertz CT molecular complexity index is 815. The van der Waals surface area contributed by atoms with Gasteiger partial charge in [0.05, 0.1) is 16.9 Å². The number of nitrogens with zero attached hydrogens (tertiary/aromatic N) is 2. The molecule has 0 saturated heterocycles. The Balaban J connectivity index is 2.48. The molecule has 2 aromatic rings. The van der Waals surface area contributed by atoms with E-state index in [0.29, 0.717) is 10.2 Å². The van der Waals surface area contributed by atoms with Crippen LogP contribution < -0.4 is 10.0 Å². The summed E-state index contributed by atoms with van der Waals surface area (Å²) in [4.78, 5) is 3.84. The van der Waals surface area contributed by atoms with Crippen LogP contribution >= 0.6 is 15.9 Å². The molecule has 2 N–H and O–H groups in total. The zero-order chi connectivity index (χ0) is 15.5. The van der Waals surface area contributed by atoms with Crippen molar-refractivity contribution in [1.82, 2.24) is 4.98 Å². The zero-order valence-electron chi connectivity index (χ0n) is 11.0. The number of halogens is 1. The first-order chi connectivity index (χ1) is 9.97. The molecule has 0 atom stereocenters. The van der Waals surface area contributed by atoms with Crippen LogP contribution in [-0.4, -0.2) is 20.4 Å². The molecule has 1 heterocycles. The normalized spacial score (nSPS) is 10.7. The van der Waals surface area contributed by atoms with Crippen LogP contribution in [-0.2, 0) is 10.0 Å². The summed E-state index contributed by atoms with van der Waals surface area (Å²) < 4.78 is 28.0. The fourth-order valence-corrected chi connectivity index (χ4v) is 3.29. The fourth-order valence-electron chi connectivity index (χ4n) is 1.70. The van der Waals surface area contributed by atoms with Gasteiger partial charge in [-0.15, -0.1) is 0 Å². The molecule has 0 bridgehead atoms. The maximum atomic E-state index is 12.4. The first kappa shape index (κ1) is 15.3. The SMILES string of the molecule is CNc1ccncc1S(=O)(=O)Nc1cc(Br)ccc1C#N. The van der Waals surface area contributed by atoms with Crippen molar-refractivity contribution < 1.29 is 8.42 Å². The molecule has 1 aromatic carbocycles. The lowest BCUT2D eigenvalue weighted by atomic mass is 10.2. The van der Waals surface area contributed by atoms with Crippen molar-refractivity contribution in [2.45, 2.75) is 4.90 Å². The van der Waals surface area contributed by atoms with Gasteiger partial charge in [0.1, 0.15) is 11.0 Å². The first-order valence-corrected chi connectivity index (χ1v) is 8.10. The molecule has 0 radical (unpaired) electrons. The lowest BCUT2D eigenvalue weighted by Crippen LogP contribution is -2.15. The Morgan fingerprint density at radius 3 is 2.71 bits per heavy atom. The molecular formula is C13H11BrN4O2S. The average molecular weight is 367 g/mol. The summed E-state index contributed by atoms with van der Waals surface area (Å²) in [7, 11) is -2.23. The van der Waals surface area contributed by atoms with Gasteiger partial charge in [0.2, 0.25) is 0 Å². The predicted octanol–water partition coefficient (Wildman–Crippen LogP) is 2.56. The van der Waals surface area contributed by atoms with E-state index in [0.717, 1.165) is 0 Å². The van der Waals surface area contributed by atoms with Gasteiger partial charge in [-0.1, -0.05) is 15.9 Å². The van der Waals surface area contributed by atoms with E-state index < -0.39 is 10.0 Å². The van der Waals surface area contributed by atoms with Crippen molar-refractivity contribution in [3.05, 3.63) is 46.7 Å². The van der Waals surface area contributed by atoms with E-state index >= 15 is 0 Å². The van der Waals surface area contributed by atoms with Crippen LogP contribution in [0.25, 0.3) is 0 Å². The number of sulfonamides is 1. The molecule has 6 nitrogen and oxygen atoms in total. The molecule has 1 aromatic heterocycles. The molecule has 2 rings (SSSR count). The Hall–Kier alpha value is -2.11. The highest BCUT2D eigenvalue weighted by molar-refractivity contribution is 9.10. The maximum Gasteiger partial charge on any atom is 0.265 e. The monoisotopic (exact) mass is 366 g/mol. The third-order valence-electron chi connectivity index (χ3n) is 2.69. The van der Waals surface area contributed by atoms with Gasteiger partial charge in [0.25, 0.3) is 10.0 Å². The summed E-state index contributed by atoms with van der Waals surface area (Å²) in [6.07, 6.45) is 2.74. The van der Waals surface area contributed by atoms with E-state index in [9.17, 15) is 8.42 Å². The maximum absolute atomic E-state index is 12.4.